The largest absolute Gasteiger partial charge is 0.204 e. The molecule has 0 amide bonds. The van der Waals surface area contributed by atoms with Crippen molar-refractivity contribution in [1.29, 1.82) is 0 Å². The SMILES string of the molecule is CC.CC(C)c1ccc(F)c(F)c1.CCCCCCCCC. The molecule has 0 radical (unpaired) electrons. The first-order valence-electron chi connectivity index (χ1n) is 8.97. The van der Waals surface area contributed by atoms with Gasteiger partial charge in [0.15, 0.2) is 11.6 Å². The van der Waals surface area contributed by atoms with Gasteiger partial charge in [-0.05, 0) is 23.6 Å². The van der Waals surface area contributed by atoms with Crippen LogP contribution in [0, 0.1) is 11.6 Å². The second-order valence-electron chi connectivity index (χ2n) is 5.60. The molecule has 1 aromatic rings. The monoisotopic (exact) mass is 314 g/mol. The summed E-state index contributed by atoms with van der Waals surface area (Å²) in [6.07, 6.45) is 9.97. The average Bonchev–Trinajstić information content (AvgIpc) is 2.52. The van der Waals surface area contributed by atoms with E-state index >= 15 is 0 Å². The van der Waals surface area contributed by atoms with Crippen molar-refractivity contribution in [2.45, 2.75) is 92.4 Å². The fourth-order valence-corrected chi connectivity index (χ4v) is 1.90. The first-order chi connectivity index (χ1) is 10.5. The molecule has 0 fully saturated rings. The summed E-state index contributed by atoms with van der Waals surface area (Å²) in [5, 5.41) is 0. The Morgan fingerprint density at radius 2 is 1.23 bits per heavy atom. The van der Waals surface area contributed by atoms with Crippen molar-refractivity contribution in [2.24, 2.45) is 0 Å². The van der Waals surface area contributed by atoms with Crippen molar-refractivity contribution in [3.8, 4) is 0 Å². The minimum atomic E-state index is -0.783. The summed E-state index contributed by atoms with van der Waals surface area (Å²) in [6.45, 7) is 12.4. The quantitative estimate of drug-likeness (QED) is 0.449. The Labute approximate surface area is 137 Å². The molecule has 0 heterocycles. The molecule has 0 aliphatic rings. The van der Waals surface area contributed by atoms with E-state index in [1.165, 1.54) is 51.0 Å². The molecule has 0 saturated carbocycles. The Hall–Kier alpha value is -0.920. The van der Waals surface area contributed by atoms with Gasteiger partial charge in [-0.2, -0.15) is 0 Å². The van der Waals surface area contributed by atoms with Gasteiger partial charge < -0.3 is 0 Å². The number of unbranched alkanes of at least 4 members (excludes halogenated alkanes) is 6. The van der Waals surface area contributed by atoms with Crippen molar-refractivity contribution < 1.29 is 8.78 Å². The van der Waals surface area contributed by atoms with Gasteiger partial charge >= 0.3 is 0 Å². The second-order valence-corrected chi connectivity index (χ2v) is 5.60. The molecule has 2 heteroatoms. The highest BCUT2D eigenvalue weighted by atomic mass is 19.2. The van der Waals surface area contributed by atoms with E-state index in [9.17, 15) is 8.78 Å². The van der Waals surface area contributed by atoms with Gasteiger partial charge in [0.05, 0.1) is 0 Å². The van der Waals surface area contributed by atoms with Crippen LogP contribution in [0.25, 0.3) is 0 Å². The molecule has 0 N–H and O–H groups in total. The van der Waals surface area contributed by atoms with E-state index < -0.39 is 11.6 Å². The van der Waals surface area contributed by atoms with Crippen LogP contribution in [0.5, 0.6) is 0 Å². The van der Waals surface area contributed by atoms with Gasteiger partial charge in [-0.25, -0.2) is 8.78 Å². The maximum Gasteiger partial charge on any atom is 0.159 e. The minimum Gasteiger partial charge on any atom is -0.204 e. The molecule has 0 aliphatic heterocycles. The molecule has 0 unspecified atom stereocenters. The first kappa shape index (κ1) is 23.3. The zero-order chi connectivity index (χ0) is 17.4. The molecule has 1 rings (SSSR count). The number of halogens is 2. The Bertz CT molecular complexity index is 340. The van der Waals surface area contributed by atoms with Crippen molar-refractivity contribution in [2.75, 3.05) is 0 Å². The molecular weight excluding hydrogens is 278 g/mol. The molecule has 0 aliphatic carbocycles. The van der Waals surface area contributed by atoms with E-state index in [4.69, 9.17) is 0 Å². The van der Waals surface area contributed by atoms with Crippen LogP contribution in [0.15, 0.2) is 18.2 Å². The lowest BCUT2D eigenvalue weighted by atomic mass is 10.0. The number of rotatable bonds is 7. The first-order valence-corrected chi connectivity index (χ1v) is 8.97. The minimum absolute atomic E-state index is 0.241. The van der Waals surface area contributed by atoms with Crippen LogP contribution in [-0.4, -0.2) is 0 Å². The van der Waals surface area contributed by atoms with E-state index in [0.29, 0.717) is 0 Å². The highest BCUT2D eigenvalue weighted by molar-refractivity contribution is 5.20. The van der Waals surface area contributed by atoms with E-state index in [0.717, 1.165) is 11.6 Å². The van der Waals surface area contributed by atoms with Gasteiger partial charge in [0.2, 0.25) is 0 Å². The predicted octanol–water partition coefficient (Wildman–Crippen LogP) is 7.87. The third-order valence-corrected chi connectivity index (χ3v) is 3.32. The van der Waals surface area contributed by atoms with Crippen LogP contribution in [0.4, 0.5) is 8.78 Å². The lowest BCUT2D eigenvalue weighted by Crippen LogP contribution is -1.90. The normalized spacial score (nSPS) is 9.68. The zero-order valence-corrected chi connectivity index (χ0v) is 15.5. The highest BCUT2D eigenvalue weighted by Gasteiger charge is 2.04. The van der Waals surface area contributed by atoms with Gasteiger partial charge in [0.1, 0.15) is 0 Å². The maximum atomic E-state index is 12.6. The van der Waals surface area contributed by atoms with Crippen LogP contribution in [0.2, 0.25) is 0 Å². The van der Waals surface area contributed by atoms with Crippen molar-refractivity contribution in [3.05, 3.63) is 35.4 Å². The summed E-state index contributed by atoms with van der Waals surface area (Å²) in [5.74, 6) is -1.31. The van der Waals surface area contributed by atoms with Crippen LogP contribution >= 0.6 is 0 Å². The van der Waals surface area contributed by atoms with Gasteiger partial charge in [0, 0.05) is 0 Å². The Morgan fingerprint density at radius 3 is 1.59 bits per heavy atom. The van der Waals surface area contributed by atoms with E-state index in [1.807, 2.05) is 27.7 Å². The van der Waals surface area contributed by atoms with Crippen LogP contribution in [0.3, 0.4) is 0 Å². The molecular formula is C20H36F2. The van der Waals surface area contributed by atoms with Gasteiger partial charge in [-0.15, -0.1) is 0 Å². The van der Waals surface area contributed by atoms with E-state index in [1.54, 1.807) is 6.07 Å². The van der Waals surface area contributed by atoms with Crippen LogP contribution < -0.4 is 0 Å². The maximum absolute atomic E-state index is 12.6. The molecule has 0 spiro atoms. The molecule has 0 nitrogen and oxygen atoms in total. The van der Waals surface area contributed by atoms with E-state index in [-0.39, 0.29) is 5.92 Å². The molecule has 0 saturated heterocycles. The average molecular weight is 315 g/mol. The Kier molecular flexibility index (Phi) is 17.5. The third-order valence-electron chi connectivity index (χ3n) is 3.32. The molecule has 1 aromatic carbocycles. The molecule has 130 valence electrons. The van der Waals surface area contributed by atoms with Crippen LogP contribution in [0.1, 0.15) is 98.0 Å². The fourth-order valence-electron chi connectivity index (χ4n) is 1.90. The van der Waals surface area contributed by atoms with Gasteiger partial charge in [0.25, 0.3) is 0 Å². The van der Waals surface area contributed by atoms with Crippen molar-refractivity contribution in [3.63, 3.8) is 0 Å². The zero-order valence-electron chi connectivity index (χ0n) is 15.5. The molecule has 0 aromatic heterocycles. The fraction of sp³-hybridized carbons (Fsp3) is 0.700. The summed E-state index contributed by atoms with van der Waals surface area (Å²) in [5.41, 5.74) is 0.823. The van der Waals surface area contributed by atoms with Gasteiger partial charge in [-0.3, -0.25) is 0 Å². The summed E-state index contributed by atoms with van der Waals surface area (Å²) >= 11 is 0. The molecule has 22 heavy (non-hydrogen) atoms. The number of benzene rings is 1. The number of hydrogen-bond acceptors (Lipinski definition) is 0. The summed E-state index contributed by atoms with van der Waals surface area (Å²) in [7, 11) is 0. The summed E-state index contributed by atoms with van der Waals surface area (Å²) in [4.78, 5) is 0. The Morgan fingerprint density at radius 1 is 0.773 bits per heavy atom. The Balaban J connectivity index is 0. The van der Waals surface area contributed by atoms with Crippen LogP contribution in [-0.2, 0) is 0 Å². The lowest BCUT2D eigenvalue weighted by molar-refractivity contribution is 0.506. The third kappa shape index (κ3) is 12.8. The van der Waals surface area contributed by atoms with Crippen molar-refractivity contribution >= 4 is 0 Å². The smallest absolute Gasteiger partial charge is 0.159 e. The number of hydrogen-bond donors (Lipinski definition) is 0. The summed E-state index contributed by atoms with van der Waals surface area (Å²) in [6, 6.07) is 3.99. The van der Waals surface area contributed by atoms with E-state index in [2.05, 4.69) is 13.8 Å². The predicted molar refractivity (Wildman–Crippen MR) is 95.5 cm³/mol. The van der Waals surface area contributed by atoms with Crippen molar-refractivity contribution in [1.82, 2.24) is 0 Å². The topological polar surface area (TPSA) is 0 Å². The highest BCUT2D eigenvalue weighted by Crippen LogP contribution is 2.16. The van der Waals surface area contributed by atoms with Gasteiger partial charge in [-0.1, -0.05) is 92.6 Å². The molecule has 0 atom stereocenters. The second kappa shape index (κ2) is 16.5. The summed E-state index contributed by atoms with van der Waals surface area (Å²) < 4.78 is 25.0. The lowest BCUT2D eigenvalue weighted by Gasteiger charge is -2.04. The molecule has 0 bridgehead atoms. The standard InChI is InChI=1S/C9H10F2.C9H20.C2H6/c1-6(2)7-3-4-8(10)9(11)5-7;1-3-5-7-9-8-6-4-2;1-2/h3-6H,1-2H3;3-9H2,1-2H3;1-2H3.